The first-order chi connectivity index (χ1) is 15.8. The molecule has 0 saturated carbocycles. The Kier molecular flexibility index (Phi) is 11.4. The second kappa shape index (κ2) is 13.2. The minimum absolute atomic E-state index is 0.00737. The molecule has 2 atom stereocenters. The Hall–Kier alpha value is -2.75. The van der Waals surface area contributed by atoms with E-state index in [1.54, 1.807) is 46.8 Å². The van der Waals surface area contributed by atoms with Crippen LogP contribution in [0.15, 0.2) is 24.3 Å². The van der Waals surface area contributed by atoms with E-state index in [1.165, 1.54) is 12.0 Å². The molecule has 0 aliphatic rings. The number of amides is 3. The summed E-state index contributed by atoms with van der Waals surface area (Å²) in [6.45, 7) is 10.3. The third kappa shape index (κ3) is 8.89. The van der Waals surface area contributed by atoms with Gasteiger partial charge in [-0.1, -0.05) is 31.2 Å². The number of thiol groups is 1. The van der Waals surface area contributed by atoms with E-state index in [0.29, 0.717) is 5.56 Å². The fraction of sp³-hybridized carbons (Fsp3) is 0.583. The van der Waals surface area contributed by atoms with E-state index in [0.717, 1.165) is 12.0 Å². The summed E-state index contributed by atoms with van der Waals surface area (Å²) in [6, 6.07) is 4.82. The smallest absolute Gasteiger partial charge is 0.408 e. The number of esters is 1. The second-order valence-corrected chi connectivity index (χ2v) is 9.38. The van der Waals surface area contributed by atoms with Crippen molar-refractivity contribution in [1.82, 2.24) is 15.5 Å². The Morgan fingerprint density at radius 3 is 2.12 bits per heavy atom. The van der Waals surface area contributed by atoms with Crippen LogP contribution in [-0.4, -0.2) is 65.9 Å². The van der Waals surface area contributed by atoms with Crippen molar-refractivity contribution in [3.05, 3.63) is 35.4 Å². The highest BCUT2D eigenvalue weighted by Gasteiger charge is 2.37. The molecule has 2 N–H and O–H groups in total. The number of carbonyl (C=O) groups is 4. The van der Waals surface area contributed by atoms with E-state index in [1.807, 2.05) is 19.1 Å². The molecule has 190 valence electrons. The van der Waals surface area contributed by atoms with Crippen molar-refractivity contribution < 1.29 is 28.7 Å². The van der Waals surface area contributed by atoms with Crippen LogP contribution in [0.2, 0.25) is 0 Å². The zero-order valence-corrected chi connectivity index (χ0v) is 21.9. The van der Waals surface area contributed by atoms with Crippen molar-refractivity contribution in [3.63, 3.8) is 0 Å². The summed E-state index contributed by atoms with van der Waals surface area (Å²) in [4.78, 5) is 52.1. The van der Waals surface area contributed by atoms with Crippen LogP contribution in [-0.2, 0) is 30.3 Å². The summed E-state index contributed by atoms with van der Waals surface area (Å²) in [6.07, 6.45) is 0.0519. The SMILES string of the molecule is CCc1ccc(C(C(=O)NCC(=O)OC)N(C(=O)C(CS)NC(=O)OC(C)(C)C)C(C)C)cc1. The average molecular weight is 496 g/mol. The molecule has 9 nitrogen and oxygen atoms in total. The lowest BCUT2D eigenvalue weighted by atomic mass is 9.99. The van der Waals surface area contributed by atoms with E-state index < -0.39 is 47.6 Å². The summed E-state index contributed by atoms with van der Waals surface area (Å²) >= 11 is 4.24. The van der Waals surface area contributed by atoms with Gasteiger partial charge in [0, 0.05) is 11.8 Å². The van der Waals surface area contributed by atoms with Crippen molar-refractivity contribution in [1.29, 1.82) is 0 Å². The molecule has 1 aromatic carbocycles. The van der Waals surface area contributed by atoms with Crippen LogP contribution in [0.5, 0.6) is 0 Å². The molecule has 0 heterocycles. The van der Waals surface area contributed by atoms with Crippen LogP contribution in [0.3, 0.4) is 0 Å². The summed E-state index contributed by atoms with van der Waals surface area (Å²) in [5.41, 5.74) is 0.889. The maximum atomic E-state index is 13.6. The van der Waals surface area contributed by atoms with Crippen LogP contribution < -0.4 is 10.6 Å². The van der Waals surface area contributed by atoms with E-state index >= 15 is 0 Å². The molecule has 0 radical (unpaired) electrons. The lowest BCUT2D eigenvalue weighted by Crippen LogP contribution is -2.56. The van der Waals surface area contributed by atoms with Crippen LogP contribution >= 0.6 is 12.6 Å². The van der Waals surface area contributed by atoms with Gasteiger partial charge in [0.25, 0.3) is 0 Å². The third-order valence-corrected chi connectivity index (χ3v) is 5.21. The number of nitrogens with one attached hydrogen (secondary N) is 2. The molecule has 0 aliphatic carbocycles. The molecular weight excluding hydrogens is 458 g/mol. The topological polar surface area (TPSA) is 114 Å². The molecule has 0 bridgehead atoms. The molecule has 0 spiro atoms. The molecule has 0 saturated heterocycles. The normalized spacial score (nSPS) is 13.0. The first-order valence-corrected chi connectivity index (χ1v) is 11.8. The lowest BCUT2D eigenvalue weighted by molar-refractivity contribution is -0.145. The number of carbonyl (C=O) groups excluding carboxylic acids is 4. The van der Waals surface area contributed by atoms with Crippen LogP contribution in [0, 0.1) is 0 Å². The number of hydrogen-bond donors (Lipinski definition) is 3. The number of hydrogen-bond acceptors (Lipinski definition) is 7. The fourth-order valence-corrected chi connectivity index (χ4v) is 3.44. The van der Waals surface area contributed by atoms with Gasteiger partial charge < -0.3 is 25.0 Å². The van der Waals surface area contributed by atoms with Gasteiger partial charge in [-0.15, -0.1) is 0 Å². The fourth-order valence-electron chi connectivity index (χ4n) is 3.20. The third-order valence-electron chi connectivity index (χ3n) is 4.85. The standard InChI is InChI=1S/C24H37N3O6S/c1-8-16-9-11-17(12-10-16)20(21(29)25-13-19(28)32-7)27(15(2)3)22(30)18(14-34)26-23(31)33-24(4,5)6/h9-12,15,18,20,34H,8,13-14H2,1-7H3,(H,25,29)(H,26,31). The average Bonchev–Trinajstić information content (AvgIpc) is 2.77. The highest BCUT2D eigenvalue weighted by Crippen LogP contribution is 2.26. The second-order valence-electron chi connectivity index (χ2n) is 9.01. The first kappa shape index (κ1) is 29.3. The quantitative estimate of drug-likeness (QED) is 0.340. The minimum atomic E-state index is -1.05. The molecule has 10 heteroatoms. The van der Waals surface area contributed by atoms with Crippen LogP contribution in [0.4, 0.5) is 4.79 Å². The molecule has 2 unspecified atom stereocenters. The number of nitrogens with zero attached hydrogens (tertiary/aromatic N) is 1. The van der Waals surface area contributed by atoms with Gasteiger partial charge in [-0.3, -0.25) is 14.4 Å². The van der Waals surface area contributed by atoms with Crippen molar-refractivity contribution in [2.24, 2.45) is 0 Å². The number of benzene rings is 1. The van der Waals surface area contributed by atoms with E-state index in [-0.39, 0.29) is 12.3 Å². The molecule has 3 amide bonds. The lowest BCUT2D eigenvalue weighted by Gasteiger charge is -2.37. The summed E-state index contributed by atoms with van der Waals surface area (Å²) in [5, 5.41) is 5.09. The Bertz CT molecular complexity index is 851. The van der Waals surface area contributed by atoms with E-state index in [2.05, 4.69) is 28.0 Å². The van der Waals surface area contributed by atoms with Crippen molar-refractivity contribution >= 4 is 36.5 Å². The van der Waals surface area contributed by atoms with Gasteiger partial charge in [0.15, 0.2) is 0 Å². The molecule has 1 rings (SSSR count). The van der Waals surface area contributed by atoms with Gasteiger partial charge in [-0.25, -0.2) is 4.79 Å². The van der Waals surface area contributed by atoms with Crippen molar-refractivity contribution in [2.75, 3.05) is 19.4 Å². The van der Waals surface area contributed by atoms with Gasteiger partial charge in [0.2, 0.25) is 11.8 Å². The predicted octanol–water partition coefficient (Wildman–Crippen LogP) is 2.64. The largest absolute Gasteiger partial charge is 0.468 e. The van der Waals surface area contributed by atoms with E-state index in [9.17, 15) is 19.2 Å². The maximum Gasteiger partial charge on any atom is 0.408 e. The summed E-state index contributed by atoms with van der Waals surface area (Å²) in [7, 11) is 1.22. The Morgan fingerprint density at radius 1 is 1.09 bits per heavy atom. The molecule has 0 aliphatic heterocycles. The molecule has 0 aromatic heterocycles. The highest BCUT2D eigenvalue weighted by molar-refractivity contribution is 7.80. The monoisotopic (exact) mass is 495 g/mol. The zero-order valence-electron chi connectivity index (χ0n) is 21.0. The van der Waals surface area contributed by atoms with E-state index in [4.69, 9.17) is 4.74 Å². The first-order valence-electron chi connectivity index (χ1n) is 11.2. The number of alkyl carbamates (subject to hydrolysis) is 1. The summed E-state index contributed by atoms with van der Waals surface area (Å²) in [5.74, 6) is -1.68. The van der Waals surface area contributed by atoms with Crippen molar-refractivity contribution in [3.8, 4) is 0 Å². The van der Waals surface area contributed by atoms with Gasteiger partial charge in [0.1, 0.15) is 24.2 Å². The Balaban J connectivity index is 3.34. The zero-order chi connectivity index (χ0) is 26.1. The molecule has 0 fully saturated rings. The number of methoxy groups -OCH3 is 1. The number of ether oxygens (including phenoxy) is 2. The Morgan fingerprint density at radius 2 is 1.68 bits per heavy atom. The van der Waals surface area contributed by atoms with Crippen molar-refractivity contribution in [2.45, 2.75) is 71.7 Å². The van der Waals surface area contributed by atoms with Gasteiger partial charge >= 0.3 is 12.1 Å². The molecule has 1 aromatic rings. The molecular formula is C24H37N3O6S. The highest BCUT2D eigenvalue weighted by atomic mass is 32.1. The minimum Gasteiger partial charge on any atom is -0.468 e. The summed E-state index contributed by atoms with van der Waals surface area (Å²) < 4.78 is 9.88. The van der Waals surface area contributed by atoms with Gasteiger partial charge in [-0.05, 0) is 52.2 Å². The predicted molar refractivity (Wildman–Crippen MR) is 133 cm³/mol. The molecule has 34 heavy (non-hydrogen) atoms. The number of aryl methyl sites for hydroxylation is 1. The van der Waals surface area contributed by atoms with Gasteiger partial charge in [-0.2, -0.15) is 12.6 Å². The maximum absolute atomic E-state index is 13.6. The Labute approximate surface area is 207 Å². The van der Waals surface area contributed by atoms with Gasteiger partial charge in [0.05, 0.1) is 7.11 Å². The van der Waals surface area contributed by atoms with Crippen LogP contribution in [0.25, 0.3) is 0 Å². The van der Waals surface area contributed by atoms with Crippen LogP contribution in [0.1, 0.15) is 58.7 Å². The number of rotatable bonds is 10.